The van der Waals surface area contributed by atoms with E-state index < -0.39 is 0 Å². The molecule has 0 saturated heterocycles. The minimum absolute atomic E-state index is 0.866. The number of fused-ring (bicyclic) bond motifs is 3. The van der Waals surface area contributed by atoms with Crippen molar-refractivity contribution in [1.82, 2.24) is 0 Å². The minimum Gasteiger partial charge on any atom is -0.0876 e. The van der Waals surface area contributed by atoms with Gasteiger partial charge in [-0.15, -0.1) is 0 Å². The van der Waals surface area contributed by atoms with Crippen molar-refractivity contribution >= 4 is 37.5 Å². The molecule has 0 unspecified atom stereocenters. The Morgan fingerprint density at radius 2 is 1.29 bits per heavy atom. The molecule has 0 bridgehead atoms. The van der Waals surface area contributed by atoms with Crippen LogP contribution in [0.3, 0.4) is 0 Å². The Morgan fingerprint density at radius 1 is 0.667 bits per heavy atom. The van der Waals surface area contributed by atoms with Gasteiger partial charge in [-0.2, -0.15) is 0 Å². The van der Waals surface area contributed by atoms with E-state index in [-0.39, 0.29) is 0 Å². The number of halogens is 1. The fourth-order valence-corrected chi connectivity index (χ4v) is 4.16. The van der Waals surface area contributed by atoms with Gasteiger partial charge in [0, 0.05) is 5.33 Å². The van der Waals surface area contributed by atoms with Crippen molar-refractivity contribution in [2.45, 2.75) is 19.2 Å². The Kier molecular flexibility index (Phi) is 3.90. The second kappa shape index (κ2) is 6.07. The van der Waals surface area contributed by atoms with Crippen LogP contribution in [0.15, 0.2) is 66.7 Å². The zero-order valence-corrected chi connectivity index (χ0v) is 15.5. The van der Waals surface area contributed by atoms with E-state index in [1.165, 1.54) is 49.4 Å². The molecular formula is C23H19Br. The summed E-state index contributed by atoms with van der Waals surface area (Å²) in [5.74, 6) is 0. The third-order valence-electron chi connectivity index (χ3n) is 4.66. The number of benzene rings is 4. The average Bonchev–Trinajstić information content (AvgIpc) is 2.59. The largest absolute Gasteiger partial charge is 0.0876 e. The molecule has 0 saturated carbocycles. The van der Waals surface area contributed by atoms with Crippen LogP contribution in [0.1, 0.15) is 16.7 Å². The SMILES string of the molecule is Cc1cc(C)cc(-c2cccc3c2cc(CBr)c2ccccc23)c1. The summed E-state index contributed by atoms with van der Waals surface area (Å²) in [6.07, 6.45) is 0. The van der Waals surface area contributed by atoms with Gasteiger partial charge in [0.15, 0.2) is 0 Å². The van der Waals surface area contributed by atoms with E-state index in [0.717, 1.165) is 5.33 Å². The molecule has 0 spiro atoms. The van der Waals surface area contributed by atoms with Gasteiger partial charge in [0.2, 0.25) is 0 Å². The maximum absolute atomic E-state index is 3.67. The summed E-state index contributed by atoms with van der Waals surface area (Å²) in [7, 11) is 0. The molecule has 118 valence electrons. The van der Waals surface area contributed by atoms with Crippen molar-refractivity contribution in [2.24, 2.45) is 0 Å². The first-order chi connectivity index (χ1) is 11.7. The van der Waals surface area contributed by atoms with E-state index in [4.69, 9.17) is 0 Å². The van der Waals surface area contributed by atoms with Crippen LogP contribution in [0.2, 0.25) is 0 Å². The molecule has 0 aliphatic heterocycles. The molecule has 0 fully saturated rings. The third-order valence-corrected chi connectivity index (χ3v) is 5.27. The molecule has 0 aliphatic rings. The van der Waals surface area contributed by atoms with Crippen LogP contribution in [0.25, 0.3) is 32.7 Å². The van der Waals surface area contributed by atoms with Gasteiger partial charge in [0.25, 0.3) is 0 Å². The summed E-state index contributed by atoms with van der Waals surface area (Å²) >= 11 is 3.67. The molecule has 24 heavy (non-hydrogen) atoms. The molecule has 0 aliphatic carbocycles. The standard InChI is InChI=1S/C23H19Br/c1-15-10-16(2)12-17(11-15)19-8-5-9-22-21-7-4-3-6-20(21)18(14-24)13-23(19)22/h3-13H,14H2,1-2H3. The molecule has 4 rings (SSSR count). The highest BCUT2D eigenvalue weighted by atomic mass is 79.9. The van der Waals surface area contributed by atoms with Crippen LogP contribution in [-0.2, 0) is 5.33 Å². The highest BCUT2D eigenvalue weighted by Crippen LogP contribution is 2.36. The van der Waals surface area contributed by atoms with Gasteiger partial charge in [-0.1, -0.05) is 87.7 Å². The van der Waals surface area contributed by atoms with Gasteiger partial charge in [-0.3, -0.25) is 0 Å². The number of alkyl halides is 1. The van der Waals surface area contributed by atoms with Gasteiger partial charge >= 0.3 is 0 Å². The average molecular weight is 375 g/mol. The van der Waals surface area contributed by atoms with E-state index >= 15 is 0 Å². The zero-order valence-electron chi connectivity index (χ0n) is 13.9. The highest BCUT2D eigenvalue weighted by Gasteiger charge is 2.10. The van der Waals surface area contributed by atoms with Crippen molar-refractivity contribution in [3.05, 3.63) is 83.4 Å². The van der Waals surface area contributed by atoms with Gasteiger partial charge in [-0.25, -0.2) is 0 Å². The van der Waals surface area contributed by atoms with Crippen LogP contribution >= 0.6 is 15.9 Å². The predicted molar refractivity (Wildman–Crippen MR) is 109 cm³/mol. The molecule has 4 aromatic carbocycles. The second-order valence-corrected chi connectivity index (χ2v) is 7.05. The Balaban J connectivity index is 2.13. The number of hydrogen-bond donors (Lipinski definition) is 0. The van der Waals surface area contributed by atoms with Gasteiger partial charge in [0.1, 0.15) is 0 Å². The molecule has 4 aromatic rings. The molecule has 0 radical (unpaired) electrons. The Bertz CT molecular complexity index is 1040. The van der Waals surface area contributed by atoms with Crippen molar-refractivity contribution in [2.75, 3.05) is 0 Å². The second-order valence-electron chi connectivity index (χ2n) is 6.49. The summed E-state index contributed by atoms with van der Waals surface area (Å²) in [6.45, 7) is 4.34. The lowest BCUT2D eigenvalue weighted by Crippen LogP contribution is -1.89. The van der Waals surface area contributed by atoms with Crippen molar-refractivity contribution in [3.8, 4) is 11.1 Å². The molecule has 0 nitrogen and oxygen atoms in total. The van der Waals surface area contributed by atoms with E-state index in [0.29, 0.717) is 0 Å². The number of rotatable bonds is 2. The van der Waals surface area contributed by atoms with Gasteiger partial charge < -0.3 is 0 Å². The fourth-order valence-electron chi connectivity index (χ4n) is 3.70. The van der Waals surface area contributed by atoms with Crippen molar-refractivity contribution in [3.63, 3.8) is 0 Å². The summed E-state index contributed by atoms with van der Waals surface area (Å²) in [4.78, 5) is 0. The van der Waals surface area contributed by atoms with Gasteiger partial charge in [-0.05, 0) is 58.1 Å². The quantitative estimate of drug-likeness (QED) is 0.257. The predicted octanol–water partition coefficient (Wildman–Crippen LogP) is 7.17. The Labute approximate surface area is 151 Å². The van der Waals surface area contributed by atoms with E-state index in [9.17, 15) is 0 Å². The molecule has 0 N–H and O–H groups in total. The van der Waals surface area contributed by atoms with Crippen LogP contribution in [-0.4, -0.2) is 0 Å². The number of aryl methyl sites for hydroxylation is 2. The van der Waals surface area contributed by atoms with E-state index in [1.807, 2.05) is 0 Å². The molecule has 0 aromatic heterocycles. The smallest absolute Gasteiger partial charge is 0.0289 e. The lowest BCUT2D eigenvalue weighted by Gasteiger charge is -2.13. The zero-order chi connectivity index (χ0) is 16.7. The fraction of sp³-hybridized carbons (Fsp3) is 0.130. The first-order valence-corrected chi connectivity index (χ1v) is 9.37. The molecule has 0 heterocycles. The molecular weight excluding hydrogens is 356 g/mol. The summed E-state index contributed by atoms with van der Waals surface area (Å²) in [5, 5.41) is 6.18. The third kappa shape index (κ3) is 2.53. The van der Waals surface area contributed by atoms with Crippen LogP contribution in [0.5, 0.6) is 0 Å². The van der Waals surface area contributed by atoms with Crippen LogP contribution in [0, 0.1) is 13.8 Å². The molecule has 1 heteroatoms. The summed E-state index contributed by atoms with van der Waals surface area (Å²) in [6, 6.07) is 24.5. The Morgan fingerprint density at radius 3 is 2.00 bits per heavy atom. The molecule has 0 amide bonds. The maximum Gasteiger partial charge on any atom is 0.0289 e. The monoisotopic (exact) mass is 374 g/mol. The van der Waals surface area contributed by atoms with E-state index in [2.05, 4.69) is 96.5 Å². The van der Waals surface area contributed by atoms with Crippen LogP contribution < -0.4 is 0 Å². The highest BCUT2D eigenvalue weighted by molar-refractivity contribution is 9.08. The van der Waals surface area contributed by atoms with Crippen LogP contribution in [0.4, 0.5) is 0 Å². The Hall–Kier alpha value is -2.12. The summed E-state index contributed by atoms with van der Waals surface area (Å²) in [5.41, 5.74) is 6.57. The number of hydrogen-bond acceptors (Lipinski definition) is 0. The minimum atomic E-state index is 0.866. The van der Waals surface area contributed by atoms with Crippen molar-refractivity contribution in [1.29, 1.82) is 0 Å². The maximum atomic E-state index is 3.67. The van der Waals surface area contributed by atoms with E-state index in [1.54, 1.807) is 0 Å². The lowest BCUT2D eigenvalue weighted by atomic mass is 9.91. The first-order valence-electron chi connectivity index (χ1n) is 8.25. The molecule has 0 atom stereocenters. The normalized spacial score (nSPS) is 11.3. The van der Waals surface area contributed by atoms with Gasteiger partial charge in [0.05, 0.1) is 0 Å². The van der Waals surface area contributed by atoms with Crippen molar-refractivity contribution < 1.29 is 0 Å². The summed E-state index contributed by atoms with van der Waals surface area (Å²) < 4.78 is 0. The topological polar surface area (TPSA) is 0 Å². The lowest BCUT2D eigenvalue weighted by molar-refractivity contribution is 1.39. The first kappa shape index (κ1) is 15.4.